The van der Waals surface area contributed by atoms with E-state index < -0.39 is 0 Å². The number of phenols is 1. The van der Waals surface area contributed by atoms with Crippen LogP contribution in [0.3, 0.4) is 0 Å². The number of phenolic OH excluding ortho intramolecular Hbond substituents is 1. The maximum Gasteiger partial charge on any atom is 0.162 e. The van der Waals surface area contributed by atoms with E-state index in [-0.39, 0.29) is 5.75 Å². The van der Waals surface area contributed by atoms with Gasteiger partial charge in [-0.2, -0.15) is 0 Å². The van der Waals surface area contributed by atoms with Crippen molar-refractivity contribution in [1.29, 1.82) is 0 Å². The summed E-state index contributed by atoms with van der Waals surface area (Å²) < 4.78 is 5.37. The van der Waals surface area contributed by atoms with Gasteiger partial charge >= 0.3 is 0 Å². The summed E-state index contributed by atoms with van der Waals surface area (Å²) in [5, 5.41) is 10.0. The summed E-state index contributed by atoms with van der Waals surface area (Å²) in [4.78, 5) is 2.22. The van der Waals surface area contributed by atoms with Gasteiger partial charge in [0.05, 0.1) is 6.61 Å². The van der Waals surface area contributed by atoms with Crippen molar-refractivity contribution in [1.82, 2.24) is 4.90 Å². The summed E-state index contributed by atoms with van der Waals surface area (Å²) in [6.07, 6.45) is 2.37. The van der Waals surface area contributed by atoms with Crippen molar-refractivity contribution in [2.24, 2.45) is 0 Å². The molecular weight excluding hydrogens is 214 g/mol. The van der Waals surface area contributed by atoms with Crippen LogP contribution in [0, 0.1) is 0 Å². The highest BCUT2D eigenvalue weighted by atomic mass is 16.5. The Balaban J connectivity index is 2.67. The highest BCUT2D eigenvalue weighted by molar-refractivity contribution is 5.45. The van der Waals surface area contributed by atoms with Gasteiger partial charge in [-0.1, -0.05) is 25.5 Å². The van der Waals surface area contributed by atoms with Crippen LogP contribution in [0.2, 0.25) is 0 Å². The molecule has 96 valence electrons. The third kappa shape index (κ3) is 4.27. The van der Waals surface area contributed by atoms with E-state index in [1.807, 2.05) is 19.1 Å². The largest absolute Gasteiger partial charge is 0.504 e. The molecule has 0 heterocycles. The zero-order valence-electron chi connectivity index (χ0n) is 11.1. The van der Waals surface area contributed by atoms with Crippen molar-refractivity contribution in [2.75, 3.05) is 20.2 Å². The van der Waals surface area contributed by atoms with E-state index in [2.05, 4.69) is 18.9 Å². The molecule has 0 aliphatic heterocycles. The summed E-state index contributed by atoms with van der Waals surface area (Å²) >= 11 is 0. The van der Waals surface area contributed by atoms with Gasteiger partial charge in [0.25, 0.3) is 0 Å². The van der Waals surface area contributed by atoms with E-state index in [0.717, 1.165) is 18.7 Å². The van der Waals surface area contributed by atoms with Gasteiger partial charge in [0.1, 0.15) is 0 Å². The number of nitrogens with zero attached hydrogens (tertiary/aromatic N) is 1. The lowest BCUT2D eigenvalue weighted by molar-refractivity contribution is 0.299. The number of ether oxygens (including phenoxy) is 1. The van der Waals surface area contributed by atoms with Gasteiger partial charge < -0.3 is 14.7 Å². The van der Waals surface area contributed by atoms with Gasteiger partial charge in [-0.05, 0) is 33.0 Å². The molecule has 0 saturated heterocycles. The second-order valence-corrected chi connectivity index (χ2v) is 4.29. The lowest BCUT2D eigenvalue weighted by Gasteiger charge is -2.18. The van der Waals surface area contributed by atoms with Crippen LogP contribution < -0.4 is 4.74 Å². The fourth-order valence-corrected chi connectivity index (χ4v) is 1.77. The number of benzene rings is 1. The Morgan fingerprint density at radius 3 is 2.71 bits per heavy atom. The Bertz CT molecular complexity index is 339. The molecule has 0 radical (unpaired) electrons. The fraction of sp³-hybridized carbons (Fsp3) is 0.571. The first kappa shape index (κ1) is 13.8. The molecule has 1 aromatic carbocycles. The smallest absolute Gasteiger partial charge is 0.162 e. The Labute approximate surface area is 104 Å². The highest BCUT2D eigenvalue weighted by Crippen LogP contribution is 2.30. The van der Waals surface area contributed by atoms with Gasteiger partial charge in [0.15, 0.2) is 11.5 Å². The zero-order chi connectivity index (χ0) is 12.7. The molecule has 0 saturated carbocycles. The molecule has 3 nitrogen and oxygen atoms in total. The molecule has 1 rings (SSSR count). The standard InChI is InChI=1S/C14H23NO2/c1-4-6-10-15(3)11-12-8-7-9-13(14(12)16)17-5-2/h7-9,16H,4-6,10-11H2,1-3H3. The molecule has 0 fully saturated rings. The monoisotopic (exact) mass is 237 g/mol. The van der Waals surface area contributed by atoms with Crippen LogP contribution in [0.25, 0.3) is 0 Å². The molecule has 17 heavy (non-hydrogen) atoms. The molecule has 0 bridgehead atoms. The molecule has 0 aromatic heterocycles. The Morgan fingerprint density at radius 1 is 1.29 bits per heavy atom. The van der Waals surface area contributed by atoms with Crippen molar-refractivity contribution in [2.45, 2.75) is 33.2 Å². The Kier molecular flexibility index (Phi) is 5.84. The van der Waals surface area contributed by atoms with Crippen LogP contribution in [0.1, 0.15) is 32.3 Å². The molecule has 3 heteroatoms. The van der Waals surface area contributed by atoms with Crippen LogP contribution in [0.4, 0.5) is 0 Å². The molecule has 0 atom stereocenters. The van der Waals surface area contributed by atoms with E-state index >= 15 is 0 Å². The number of hydrogen-bond acceptors (Lipinski definition) is 3. The van der Waals surface area contributed by atoms with Gasteiger partial charge in [-0.25, -0.2) is 0 Å². The predicted octanol–water partition coefficient (Wildman–Crippen LogP) is 3.02. The maximum absolute atomic E-state index is 10.0. The zero-order valence-corrected chi connectivity index (χ0v) is 11.1. The molecule has 0 aliphatic carbocycles. The summed E-state index contributed by atoms with van der Waals surface area (Å²) in [6, 6.07) is 5.67. The second-order valence-electron chi connectivity index (χ2n) is 4.29. The number of unbranched alkanes of at least 4 members (excludes halogenated alkanes) is 1. The summed E-state index contributed by atoms with van der Waals surface area (Å²) in [7, 11) is 2.07. The fourth-order valence-electron chi connectivity index (χ4n) is 1.77. The third-order valence-electron chi connectivity index (χ3n) is 2.72. The molecular formula is C14H23NO2. The quantitative estimate of drug-likeness (QED) is 0.791. The first-order chi connectivity index (χ1) is 8.19. The third-order valence-corrected chi connectivity index (χ3v) is 2.72. The number of hydrogen-bond donors (Lipinski definition) is 1. The lowest BCUT2D eigenvalue weighted by Crippen LogP contribution is -2.19. The minimum absolute atomic E-state index is 0.276. The average Bonchev–Trinajstić information content (AvgIpc) is 2.32. The molecule has 0 spiro atoms. The maximum atomic E-state index is 10.0. The summed E-state index contributed by atoms with van der Waals surface area (Å²) in [5.74, 6) is 0.853. The van der Waals surface area contributed by atoms with Gasteiger partial charge in [0, 0.05) is 12.1 Å². The van der Waals surface area contributed by atoms with Crippen LogP contribution in [-0.4, -0.2) is 30.2 Å². The van der Waals surface area contributed by atoms with Crippen LogP contribution >= 0.6 is 0 Å². The van der Waals surface area contributed by atoms with Gasteiger partial charge in [-0.3, -0.25) is 0 Å². The van der Waals surface area contributed by atoms with Crippen molar-refractivity contribution in [3.05, 3.63) is 23.8 Å². The highest BCUT2D eigenvalue weighted by Gasteiger charge is 2.09. The van der Waals surface area contributed by atoms with E-state index in [1.54, 1.807) is 6.07 Å². The predicted molar refractivity (Wildman–Crippen MR) is 70.5 cm³/mol. The first-order valence-corrected chi connectivity index (χ1v) is 6.31. The van der Waals surface area contributed by atoms with E-state index in [4.69, 9.17) is 4.74 Å². The second kappa shape index (κ2) is 7.17. The summed E-state index contributed by atoms with van der Waals surface area (Å²) in [6.45, 7) is 6.48. The first-order valence-electron chi connectivity index (χ1n) is 6.31. The normalized spacial score (nSPS) is 10.8. The van der Waals surface area contributed by atoms with Crippen molar-refractivity contribution < 1.29 is 9.84 Å². The molecule has 0 unspecified atom stereocenters. The number of rotatable bonds is 7. The Morgan fingerprint density at radius 2 is 2.06 bits per heavy atom. The van der Waals surface area contributed by atoms with Crippen LogP contribution in [0.15, 0.2) is 18.2 Å². The van der Waals surface area contributed by atoms with Crippen molar-refractivity contribution in [3.8, 4) is 11.5 Å². The van der Waals surface area contributed by atoms with E-state index in [1.165, 1.54) is 12.8 Å². The van der Waals surface area contributed by atoms with Crippen LogP contribution in [0.5, 0.6) is 11.5 Å². The number of aromatic hydroxyl groups is 1. The average molecular weight is 237 g/mol. The Hall–Kier alpha value is -1.22. The SMILES string of the molecule is CCCCN(C)Cc1cccc(OCC)c1O. The van der Waals surface area contributed by atoms with Crippen LogP contribution in [-0.2, 0) is 6.54 Å². The minimum Gasteiger partial charge on any atom is -0.504 e. The molecule has 0 amide bonds. The van der Waals surface area contributed by atoms with Crippen molar-refractivity contribution in [3.63, 3.8) is 0 Å². The summed E-state index contributed by atoms with van der Waals surface area (Å²) in [5.41, 5.74) is 0.926. The molecule has 0 aliphatic rings. The van der Waals surface area contributed by atoms with Gasteiger partial charge in [-0.15, -0.1) is 0 Å². The van der Waals surface area contributed by atoms with E-state index in [9.17, 15) is 5.11 Å². The topological polar surface area (TPSA) is 32.7 Å². The molecule has 1 N–H and O–H groups in total. The molecule has 1 aromatic rings. The van der Waals surface area contributed by atoms with E-state index in [0.29, 0.717) is 12.4 Å². The minimum atomic E-state index is 0.276. The van der Waals surface area contributed by atoms with Crippen molar-refractivity contribution >= 4 is 0 Å². The lowest BCUT2D eigenvalue weighted by atomic mass is 10.1. The van der Waals surface area contributed by atoms with Gasteiger partial charge in [0.2, 0.25) is 0 Å². The number of para-hydroxylation sites is 1.